The van der Waals surface area contributed by atoms with Crippen LogP contribution < -0.4 is 0 Å². The van der Waals surface area contributed by atoms with E-state index in [-0.39, 0.29) is 10.8 Å². The van der Waals surface area contributed by atoms with Crippen LogP contribution in [0.25, 0.3) is 110 Å². The van der Waals surface area contributed by atoms with Crippen LogP contribution in [0.4, 0.5) is 0 Å². The third kappa shape index (κ3) is 5.64. The molecule has 0 saturated heterocycles. The first-order chi connectivity index (χ1) is 32.3. The van der Waals surface area contributed by atoms with Gasteiger partial charge in [0, 0.05) is 10.8 Å². The lowest BCUT2D eigenvalue weighted by Gasteiger charge is -2.24. The van der Waals surface area contributed by atoms with Crippen LogP contribution in [-0.4, -0.2) is 0 Å². The Morgan fingerprint density at radius 1 is 0.242 bits per heavy atom. The van der Waals surface area contributed by atoms with Crippen LogP contribution in [0.3, 0.4) is 0 Å². The molecule has 2 aliphatic carbocycles. The molecule has 0 saturated carbocycles. The first-order valence-electron chi connectivity index (χ1n) is 23.4. The zero-order valence-corrected chi connectivity index (χ0v) is 37.8. The van der Waals surface area contributed by atoms with Gasteiger partial charge in [-0.25, -0.2) is 0 Å². The van der Waals surface area contributed by atoms with E-state index in [0.717, 1.165) is 0 Å². The predicted molar refractivity (Wildman–Crippen MR) is 281 cm³/mol. The molecule has 13 rings (SSSR count). The number of rotatable bonds is 5. The molecule has 0 aliphatic heterocycles. The molecule has 66 heavy (non-hydrogen) atoms. The highest BCUT2D eigenvalue weighted by Gasteiger charge is 2.39. The average molecular weight is 841 g/mol. The Kier molecular flexibility index (Phi) is 8.40. The van der Waals surface area contributed by atoms with Crippen molar-refractivity contribution in [1.29, 1.82) is 0 Å². The van der Waals surface area contributed by atoms with Crippen LogP contribution >= 0.6 is 0 Å². The first-order valence-corrected chi connectivity index (χ1v) is 23.4. The minimum Gasteiger partial charge on any atom is -0.0622 e. The zero-order chi connectivity index (χ0) is 44.3. The Morgan fingerprint density at radius 2 is 0.803 bits per heavy atom. The fourth-order valence-corrected chi connectivity index (χ4v) is 11.9. The number of fused-ring (bicyclic) bond motifs is 10. The lowest BCUT2D eigenvalue weighted by molar-refractivity contribution is 0.660. The quantitative estimate of drug-likeness (QED) is 0.151. The van der Waals surface area contributed by atoms with E-state index in [1.807, 2.05) is 0 Å². The Morgan fingerprint density at radius 3 is 1.59 bits per heavy atom. The van der Waals surface area contributed by atoms with E-state index in [2.05, 4.69) is 246 Å². The first kappa shape index (κ1) is 38.6. The maximum absolute atomic E-state index is 2.50. The van der Waals surface area contributed by atoms with Gasteiger partial charge in [0.1, 0.15) is 0 Å². The van der Waals surface area contributed by atoms with Gasteiger partial charge in [-0.2, -0.15) is 0 Å². The molecule has 0 nitrogen and oxygen atoms in total. The van der Waals surface area contributed by atoms with Gasteiger partial charge >= 0.3 is 0 Å². The van der Waals surface area contributed by atoms with Gasteiger partial charge in [-0.1, -0.05) is 228 Å². The van der Waals surface area contributed by atoms with Gasteiger partial charge in [0.15, 0.2) is 0 Å². The standard InChI is InChI=1S/C66H48/c1-65(2)57-25-14-13-23-51(57)55-39-48(32-36-58(55)65)61-54-35-37-59-63(53-34-31-47(40-60(53)66(59,3)4)42-18-9-6-10-19-42)64(54)62(52-33-30-46(38-56(52)61)41-16-7-5-8-17-41)45-28-26-44(27-29-45)50-24-15-21-43-20-11-12-22-49(43)50/h5-40H,1-4H3. The van der Waals surface area contributed by atoms with E-state index in [9.17, 15) is 0 Å². The SMILES string of the molecule is CC1(C)c2ccccc2-c2cc(-c3c4cc(-c5ccccc5)ccc4c(-c4ccc(-c5cccc6ccccc56)cc4)c4c5c(ccc34)C(C)(C)c3cc(-c4ccccc4)ccc3-5)ccc21. The van der Waals surface area contributed by atoms with Crippen LogP contribution in [0.1, 0.15) is 49.9 Å². The van der Waals surface area contributed by atoms with Gasteiger partial charge in [0.05, 0.1) is 0 Å². The second-order valence-corrected chi connectivity index (χ2v) is 19.6. The predicted octanol–water partition coefficient (Wildman–Crippen LogP) is 18.1. The summed E-state index contributed by atoms with van der Waals surface area (Å²) in [5.74, 6) is 0. The van der Waals surface area contributed by atoms with E-state index in [4.69, 9.17) is 0 Å². The van der Waals surface area contributed by atoms with Crippen molar-refractivity contribution in [1.82, 2.24) is 0 Å². The van der Waals surface area contributed by atoms with Crippen LogP contribution in [0.15, 0.2) is 218 Å². The molecular formula is C66H48. The topological polar surface area (TPSA) is 0 Å². The molecule has 11 aromatic carbocycles. The molecule has 0 spiro atoms. The second kappa shape index (κ2) is 14.4. The van der Waals surface area contributed by atoms with Crippen LogP contribution in [0.2, 0.25) is 0 Å². The Labute approximate surface area is 387 Å². The van der Waals surface area contributed by atoms with Crippen LogP contribution in [0, 0.1) is 0 Å². The number of hydrogen-bond donors (Lipinski definition) is 0. The van der Waals surface area contributed by atoms with Gasteiger partial charge < -0.3 is 0 Å². The fraction of sp³-hybridized carbons (Fsp3) is 0.0909. The van der Waals surface area contributed by atoms with Crippen molar-refractivity contribution < 1.29 is 0 Å². The lowest BCUT2D eigenvalue weighted by Crippen LogP contribution is -2.15. The van der Waals surface area contributed by atoms with E-state index in [0.29, 0.717) is 0 Å². The second-order valence-electron chi connectivity index (χ2n) is 19.6. The highest BCUT2D eigenvalue weighted by molar-refractivity contribution is 6.26. The molecular weight excluding hydrogens is 793 g/mol. The summed E-state index contributed by atoms with van der Waals surface area (Å²) in [4.78, 5) is 0. The number of benzene rings is 11. The Balaban J connectivity index is 1.14. The minimum atomic E-state index is -0.214. The molecule has 0 N–H and O–H groups in total. The van der Waals surface area contributed by atoms with Crippen molar-refractivity contribution in [3.8, 4) is 77.9 Å². The molecule has 0 heteroatoms. The van der Waals surface area contributed by atoms with Crippen molar-refractivity contribution in [2.24, 2.45) is 0 Å². The summed E-state index contributed by atoms with van der Waals surface area (Å²) in [7, 11) is 0. The highest BCUT2D eigenvalue weighted by Crippen LogP contribution is 2.57. The monoisotopic (exact) mass is 840 g/mol. The summed E-state index contributed by atoms with van der Waals surface area (Å²) < 4.78 is 0. The summed E-state index contributed by atoms with van der Waals surface area (Å²) in [6.45, 7) is 9.59. The summed E-state index contributed by atoms with van der Waals surface area (Å²) >= 11 is 0. The van der Waals surface area contributed by atoms with Crippen molar-refractivity contribution in [3.05, 3.63) is 241 Å². The normalized spacial score (nSPS) is 14.0. The van der Waals surface area contributed by atoms with Gasteiger partial charge in [-0.15, -0.1) is 0 Å². The van der Waals surface area contributed by atoms with Crippen molar-refractivity contribution in [2.45, 2.75) is 38.5 Å². The van der Waals surface area contributed by atoms with Crippen LogP contribution in [0.5, 0.6) is 0 Å². The molecule has 0 radical (unpaired) electrons. The highest BCUT2D eigenvalue weighted by atomic mass is 14.4. The van der Waals surface area contributed by atoms with Gasteiger partial charge in [0.2, 0.25) is 0 Å². The van der Waals surface area contributed by atoms with Gasteiger partial charge in [-0.3, -0.25) is 0 Å². The Bertz CT molecular complexity index is 3770. The van der Waals surface area contributed by atoms with Crippen molar-refractivity contribution in [3.63, 3.8) is 0 Å². The summed E-state index contributed by atoms with van der Waals surface area (Å²) in [5, 5.41) is 7.65. The molecule has 0 atom stereocenters. The molecule has 0 bridgehead atoms. The molecule has 312 valence electrons. The van der Waals surface area contributed by atoms with E-state index >= 15 is 0 Å². The molecule has 0 unspecified atom stereocenters. The molecule has 2 aliphatic rings. The zero-order valence-electron chi connectivity index (χ0n) is 37.8. The summed E-state index contributed by atoms with van der Waals surface area (Å²) in [5.41, 5.74) is 23.0. The molecule has 0 amide bonds. The molecule has 0 fully saturated rings. The maximum atomic E-state index is 2.50. The van der Waals surface area contributed by atoms with Gasteiger partial charge in [-0.05, 0) is 151 Å². The van der Waals surface area contributed by atoms with Crippen molar-refractivity contribution in [2.75, 3.05) is 0 Å². The maximum Gasteiger partial charge on any atom is 0.0159 e. The molecule has 0 heterocycles. The van der Waals surface area contributed by atoms with Crippen molar-refractivity contribution >= 4 is 32.3 Å². The largest absolute Gasteiger partial charge is 0.0622 e. The fourth-order valence-electron chi connectivity index (χ4n) is 11.9. The van der Waals surface area contributed by atoms with E-state index in [1.165, 1.54) is 132 Å². The third-order valence-corrected chi connectivity index (χ3v) is 15.3. The number of hydrogen-bond acceptors (Lipinski definition) is 0. The van der Waals surface area contributed by atoms with E-state index in [1.54, 1.807) is 0 Å². The minimum absolute atomic E-state index is 0.0775. The van der Waals surface area contributed by atoms with Gasteiger partial charge in [0.25, 0.3) is 0 Å². The van der Waals surface area contributed by atoms with Crippen LogP contribution in [-0.2, 0) is 10.8 Å². The summed E-state index contributed by atoms with van der Waals surface area (Å²) in [6, 6.07) is 82.2. The molecule has 11 aromatic rings. The average Bonchev–Trinajstić information content (AvgIpc) is 3.74. The molecule has 0 aromatic heterocycles. The Hall–Kier alpha value is -7.80. The van der Waals surface area contributed by atoms with E-state index < -0.39 is 0 Å². The third-order valence-electron chi connectivity index (χ3n) is 15.3. The summed E-state index contributed by atoms with van der Waals surface area (Å²) in [6.07, 6.45) is 0. The lowest BCUT2D eigenvalue weighted by atomic mass is 9.78. The smallest absolute Gasteiger partial charge is 0.0159 e.